The number of rotatable bonds is 0. The quantitative estimate of drug-likeness (QED) is 0.428. The molecule has 0 saturated heterocycles. The Morgan fingerprint density at radius 2 is 2.57 bits per heavy atom. The van der Waals surface area contributed by atoms with Crippen LogP contribution in [0.1, 0.15) is 6.42 Å². The lowest BCUT2D eigenvalue weighted by Crippen LogP contribution is -2.21. The third-order valence-electron chi connectivity index (χ3n) is 1.16. The van der Waals surface area contributed by atoms with Gasteiger partial charge in [-0.05, 0) is 19.5 Å². The first-order chi connectivity index (χ1) is 3.39. The first-order valence-electron chi connectivity index (χ1n) is 2.63. The standard InChI is InChI=1S/C6H10N/c1-7-5-3-2-4-6-7/h2H,3,5-6H2,1H3. The van der Waals surface area contributed by atoms with Gasteiger partial charge in [0.25, 0.3) is 0 Å². The third kappa shape index (κ3) is 1.32. The predicted molar refractivity (Wildman–Crippen MR) is 29.9 cm³/mol. The van der Waals surface area contributed by atoms with Crippen LogP contribution >= 0.6 is 0 Å². The van der Waals surface area contributed by atoms with E-state index in [4.69, 9.17) is 0 Å². The summed E-state index contributed by atoms with van der Waals surface area (Å²) in [5.41, 5.74) is 0. The van der Waals surface area contributed by atoms with Gasteiger partial charge in [-0.3, -0.25) is 0 Å². The molecule has 1 radical (unpaired) electrons. The van der Waals surface area contributed by atoms with E-state index < -0.39 is 0 Å². The molecule has 0 aromatic heterocycles. The van der Waals surface area contributed by atoms with Crippen LogP contribution in [-0.4, -0.2) is 25.0 Å². The Labute approximate surface area is 44.6 Å². The van der Waals surface area contributed by atoms with Crippen LogP contribution in [0.3, 0.4) is 0 Å². The van der Waals surface area contributed by atoms with E-state index in [9.17, 15) is 0 Å². The lowest BCUT2D eigenvalue weighted by atomic mass is 10.3. The summed E-state index contributed by atoms with van der Waals surface area (Å²) in [7, 11) is 2.11. The molecule has 1 aliphatic rings. The summed E-state index contributed by atoms with van der Waals surface area (Å²) in [6.07, 6.45) is 6.42. The zero-order valence-electron chi connectivity index (χ0n) is 4.65. The molecule has 1 heteroatoms. The Morgan fingerprint density at radius 3 is 2.86 bits per heavy atom. The molecule has 0 unspecified atom stereocenters. The van der Waals surface area contributed by atoms with Crippen LogP contribution in [0.2, 0.25) is 0 Å². The van der Waals surface area contributed by atoms with E-state index in [0.717, 1.165) is 6.54 Å². The number of hydrogen-bond donors (Lipinski definition) is 0. The highest BCUT2D eigenvalue weighted by atomic mass is 15.1. The van der Waals surface area contributed by atoms with Crippen LogP contribution in [-0.2, 0) is 0 Å². The maximum absolute atomic E-state index is 3.14. The molecule has 0 aromatic carbocycles. The van der Waals surface area contributed by atoms with Crippen molar-refractivity contribution >= 4 is 0 Å². The van der Waals surface area contributed by atoms with E-state index in [1.807, 2.05) is 0 Å². The first-order valence-corrected chi connectivity index (χ1v) is 2.63. The number of likely N-dealkylation sites (N-methyl/N-ethyl adjacent to an activating group) is 1. The molecule has 0 spiro atoms. The van der Waals surface area contributed by atoms with E-state index in [1.165, 1.54) is 13.0 Å². The predicted octanol–water partition coefficient (Wildman–Crippen LogP) is 0.681. The van der Waals surface area contributed by atoms with Crippen molar-refractivity contribution in [3.05, 3.63) is 12.2 Å². The van der Waals surface area contributed by atoms with Crippen molar-refractivity contribution in [3.8, 4) is 0 Å². The molecular formula is C6H10N. The monoisotopic (exact) mass is 96.1 g/mol. The zero-order chi connectivity index (χ0) is 5.11. The summed E-state index contributed by atoms with van der Waals surface area (Å²) in [6.45, 7) is 2.22. The van der Waals surface area contributed by atoms with Crippen LogP contribution in [0.25, 0.3) is 0 Å². The van der Waals surface area contributed by atoms with Crippen molar-refractivity contribution < 1.29 is 0 Å². The first kappa shape index (κ1) is 4.85. The van der Waals surface area contributed by atoms with E-state index in [2.05, 4.69) is 24.1 Å². The minimum atomic E-state index is 1.01. The normalized spacial score (nSPS) is 23.0. The fourth-order valence-electron chi connectivity index (χ4n) is 0.686. The van der Waals surface area contributed by atoms with Crippen LogP contribution < -0.4 is 0 Å². The van der Waals surface area contributed by atoms with Gasteiger partial charge in [-0.2, -0.15) is 0 Å². The lowest BCUT2D eigenvalue weighted by Gasteiger charge is -2.15. The average molecular weight is 96.2 g/mol. The minimum absolute atomic E-state index is 1.01. The Bertz CT molecular complexity index is 76.2. The summed E-state index contributed by atoms with van der Waals surface area (Å²) in [5.74, 6) is 0. The summed E-state index contributed by atoms with van der Waals surface area (Å²) in [5, 5.41) is 0. The van der Waals surface area contributed by atoms with Gasteiger partial charge in [-0.15, -0.1) is 0 Å². The molecular weight excluding hydrogens is 86.1 g/mol. The van der Waals surface area contributed by atoms with Crippen LogP contribution in [0, 0.1) is 6.08 Å². The van der Waals surface area contributed by atoms with Crippen molar-refractivity contribution in [2.45, 2.75) is 6.42 Å². The lowest BCUT2D eigenvalue weighted by molar-refractivity contribution is 0.360. The van der Waals surface area contributed by atoms with E-state index in [-0.39, 0.29) is 0 Å². The molecule has 0 amide bonds. The van der Waals surface area contributed by atoms with Gasteiger partial charge in [0.2, 0.25) is 0 Å². The van der Waals surface area contributed by atoms with Crippen LogP contribution in [0.5, 0.6) is 0 Å². The van der Waals surface area contributed by atoms with Gasteiger partial charge < -0.3 is 4.90 Å². The molecule has 0 fully saturated rings. The van der Waals surface area contributed by atoms with Crippen molar-refractivity contribution in [1.82, 2.24) is 4.90 Å². The minimum Gasteiger partial charge on any atom is -0.302 e. The average Bonchev–Trinajstić information content (AvgIpc) is 1.69. The molecule has 0 bridgehead atoms. The summed E-state index contributed by atoms with van der Waals surface area (Å²) >= 11 is 0. The molecule has 7 heavy (non-hydrogen) atoms. The van der Waals surface area contributed by atoms with Gasteiger partial charge in [0.05, 0.1) is 0 Å². The molecule has 0 N–H and O–H groups in total. The third-order valence-corrected chi connectivity index (χ3v) is 1.16. The Morgan fingerprint density at radius 1 is 1.71 bits per heavy atom. The second kappa shape index (κ2) is 2.12. The molecule has 0 saturated carbocycles. The highest BCUT2D eigenvalue weighted by Crippen LogP contribution is 1.94. The molecule has 1 rings (SSSR count). The molecule has 1 aliphatic heterocycles. The van der Waals surface area contributed by atoms with Gasteiger partial charge in [0, 0.05) is 13.1 Å². The Kier molecular flexibility index (Phi) is 1.47. The molecule has 0 aromatic rings. The maximum Gasteiger partial charge on any atom is 0.0230 e. The number of nitrogens with zero attached hydrogens (tertiary/aromatic N) is 1. The second-order valence-electron chi connectivity index (χ2n) is 1.93. The molecule has 1 nitrogen and oxygen atoms in total. The van der Waals surface area contributed by atoms with Crippen molar-refractivity contribution in [2.75, 3.05) is 20.1 Å². The highest BCUT2D eigenvalue weighted by Gasteiger charge is 1.96. The van der Waals surface area contributed by atoms with E-state index >= 15 is 0 Å². The summed E-state index contributed by atoms with van der Waals surface area (Å²) in [4.78, 5) is 2.25. The zero-order valence-corrected chi connectivity index (χ0v) is 4.65. The van der Waals surface area contributed by atoms with E-state index in [0.29, 0.717) is 0 Å². The molecule has 0 aliphatic carbocycles. The Balaban J connectivity index is 2.32. The van der Waals surface area contributed by atoms with E-state index in [1.54, 1.807) is 0 Å². The summed E-state index contributed by atoms with van der Waals surface area (Å²) < 4.78 is 0. The Hall–Kier alpha value is -0.300. The van der Waals surface area contributed by atoms with Crippen LogP contribution in [0.15, 0.2) is 6.08 Å². The fraction of sp³-hybridized carbons (Fsp3) is 0.667. The molecule has 0 atom stereocenters. The second-order valence-corrected chi connectivity index (χ2v) is 1.93. The SMILES string of the molecule is CN1C[C]=CCC1. The van der Waals surface area contributed by atoms with Gasteiger partial charge in [-0.25, -0.2) is 0 Å². The summed E-state index contributed by atoms with van der Waals surface area (Å²) in [6, 6.07) is 0. The smallest absolute Gasteiger partial charge is 0.0230 e. The number of hydrogen-bond acceptors (Lipinski definition) is 1. The van der Waals surface area contributed by atoms with Crippen molar-refractivity contribution in [3.63, 3.8) is 0 Å². The highest BCUT2D eigenvalue weighted by molar-refractivity contribution is 4.82. The van der Waals surface area contributed by atoms with Gasteiger partial charge in [0.1, 0.15) is 0 Å². The molecule has 39 valence electrons. The maximum atomic E-state index is 3.14. The topological polar surface area (TPSA) is 3.24 Å². The van der Waals surface area contributed by atoms with Gasteiger partial charge >= 0.3 is 0 Å². The molecule has 1 heterocycles. The fourth-order valence-corrected chi connectivity index (χ4v) is 0.686. The van der Waals surface area contributed by atoms with Gasteiger partial charge in [0.15, 0.2) is 0 Å². The van der Waals surface area contributed by atoms with Crippen LogP contribution in [0.4, 0.5) is 0 Å². The largest absolute Gasteiger partial charge is 0.302 e. The van der Waals surface area contributed by atoms with Gasteiger partial charge in [-0.1, -0.05) is 6.08 Å². The van der Waals surface area contributed by atoms with Crippen molar-refractivity contribution in [2.24, 2.45) is 0 Å². The van der Waals surface area contributed by atoms with Crippen molar-refractivity contribution in [1.29, 1.82) is 0 Å².